The van der Waals surface area contributed by atoms with Crippen LogP contribution in [0.15, 0.2) is 66.7 Å². The van der Waals surface area contributed by atoms with Gasteiger partial charge in [-0.2, -0.15) is 0 Å². The smallest absolute Gasteiger partial charge is 0.429 e. The number of anilines is 1. The van der Waals surface area contributed by atoms with Gasteiger partial charge in [0, 0.05) is 36.0 Å². The van der Waals surface area contributed by atoms with E-state index in [1.165, 1.54) is 11.3 Å². The summed E-state index contributed by atoms with van der Waals surface area (Å²) >= 11 is 1.46. The lowest BCUT2D eigenvalue weighted by Crippen LogP contribution is -2.50. The summed E-state index contributed by atoms with van der Waals surface area (Å²) < 4.78 is 5.70. The molecular formula is C32H38N5O4S. The summed E-state index contributed by atoms with van der Waals surface area (Å²) in [5.74, 6) is -0.443. The highest BCUT2D eigenvalue weighted by Gasteiger charge is 2.28. The molecule has 10 heteroatoms. The molecule has 0 saturated carbocycles. The fourth-order valence-corrected chi connectivity index (χ4v) is 6.42. The van der Waals surface area contributed by atoms with Gasteiger partial charge in [0.05, 0.1) is 17.1 Å². The van der Waals surface area contributed by atoms with Crippen LogP contribution in [0.4, 0.5) is 10.5 Å². The monoisotopic (exact) mass is 588 g/mol. The van der Waals surface area contributed by atoms with Crippen LogP contribution in [0.2, 0.25) is 0 Å². The van der Waals surface area contributed by atoms with Gasteiger partial charge in [-0.15, -0.1) is 11.3 Å². The summed E-state index contributed by atoms with van der Waals surface area (Å²) in [7, 11) is 0. The Morgan fingerprint density at radius 3 is 2.38 bits per heavy atom. The number of amides is 3. The van der Waals surface area contributed by atoms with Gasteiger partial charge in [0.25, 0.3) is 5.91 Å². The number of nitrogens with two attached hydrogens (primary N) is 1. The van der Waals surface area contributed by atoms with Gasteiger partial charge in [-0.1, -0.05) is 48.5 Å². The predicted octanol–water partition coefficient (Wildman–Crippen LogP) is 4.70. The second-order valence-electron chi connectivity index (χ2n) is 10.6. The van der Waals surface area contributed by atoms with Gasteiger partial charge < -0.3 is 15.8 Å². The molecular weight excluding hydrogens is 550 g/mol. The minimum atomic E-state index is -0.465. The fourth-order valence-electron chi connectivity index (χ4n) is 5.46. The Bertz CT molecular complexity index is 1350. The number of hydrazine groups is 1. The van der Waals surface area contributed by atoms with Gasteiger partial charge in [0.1, 0.15) is 6.61 Å². The van der Waals surface area contributed by atoms with Crippen LogP contribution < -0.4 is 16.1 Å². The number of primary amides is 1. The summed E-state index contributed by atoms with van der Waals surface area (Å²) in [5, 5.41) is 6.56. The summed E-state index contributed by atoms with van der Waals surface area (Å²) in [4.78, 5) is 41.7. The van der Waals surface area contributed by atoms with Crippen LogP contribution in [-0.2, 0) is 16.1 Å². The topological polar surface area (TPSA) is 108 Å². The molecule has 2 fully saturated rings. The number of rotatable bonds is 10. The highest BCUT2D eigenvalue weighted by molar-refractivity contribution is 7.14. The molecule has 3 N–H and O–H groups in total. The predicted molar refractivity (Wildman–Crippen MR) is 165 cm³/mol. The van der Waals surface area contributed by atoms with E-state index >= 15 is 0 Å². The number of hydrogen-bond donors (Lipinski definition) is 2. The fraction of sp³-hybridized carbons (Fsp3) is 0.375. The van der Waals surface area contributed by atoms with E-state index in [9.17, 15) is 14.4 Å². The van der Waals surface area contributed by atoms with Gasteiger partial charge >= 0.3 is 6.09 Å². The molecule has 1 aromatic heterocycles. The van der Waals surface area contributed by atoms with Crippen LogP contribution in [-0.4, -0.2) is 67.1 Å². The van der Waals surface area contributed by atoms with Crippen molar-refractivity contribution in [3.05, 3.63) is 82.9 Å². The van der Waals surface area contributed by atoms with Gasteiger partial charge in [-0.25, -0.2) is 14.8 Å². The molecule has 3 aromatic rings. The SMILES string of the molecule is NC(=O)C1CCN(Cc2ccc(C(=O)NCCOC(=O)N(c3ccccc3-c3ccccc3)N3CC[CH]CC3)s2)CC1. The Morgan fingerprint density at radius 1 is 0.929 bits per heavy atom. The number of piperidine rings is 2. The number of nitrogens with zero attached hydrogens (tertiary/aromatic N) is 3. The van der Waals surface area contributed by atoms with Crippen molar-refractivity contribution < 1.29 is 19.1 Å². The highest BCUT2D eigenvalue weighted by atomic mass is 32.1. The third-order valence-electron chi connectivity index (χ3n) is 7.72. The molecule has 2 aliphatic heterocycles. The van der Waals surface area contributed by atoms with E-state index in [1.807, 2.05) is 71.7 Å². The number of nitrogens with one attached hydrogen (secondary N) is 1. The zero-order valence-corrected chi connectivity index (χ0v) is 24.6. The number of carbonyl (C=O) groups excluding carboxylic acids is 3. The van der Waals surface area contributed by atoms with E-state index in [1.54, 1.807) is 5.01 Å². The van der Waals surface area contributed by atoms with Gasteiger partial charge in [-0.3, -0.25) is 14.5 Å². The lowest BCUT2D eigenvalue weighted by molar-refractivity contribution is -0.123. The van der Waals surface area contributed by atoms with Crippen molar-refractivity contribution in [2.75, 3.05) is 44.3 Å². The van der Waals surface area contributed by atoms with Crippen molar-refractivity contribution >= 4 is 34.9 Å². The molecule has 221 valence electrons. The number of thiophene rings is 1. The molecule has 2 aliphatic rings. The highest BCUT2D eigenvalue weighted by Crippen LogP contribution is 2.33. The minimum Gasteiger partial charge on any atom is -0.446 e. The maximum absolute atomic E-state index is 13.5. The molecule has 0 atom stereocenters. The summed E-state index contributed by atoms with van der Waals surface area (Å²) in [6.07, 6.45) is 5.11. The molecule has 3 heterocycles. The molecule has 0 aliphatic carbocycles. The van der Waals surface area contributed by atoms with E-state index in [0.29, 0.717) is 4.88 Å². The Balaban J connectivity index is 1.15. The summed E-state index contributed by atoms with van der Waals surface area (Å²) in [6, 6.07) is 21.7. The maximum Gasteiger partial charge on any atom is 0.429 e. The largest absolute Gasteiger partial charge is 0.446 e. The van der Waals surface area contributed by atoms with Crippen molar-refractivity contribution in [2.24, 2.45) is 11.7 Å². The van der Waals surface area contributed by atoms with Crippen molar-refractivity contribution in [2.45, 2.75) is 32.2 Å². The molecule has 0 bridgehead atoms. The average Bonchev–Trinajstić information content (AvgIpc) is 3.49. The van der Waals surface area contributed by atoms with E-state index in [-0.39, 0.29) is 30.9 Å². The lowest BCUT2D eigenvalue weighted by Gasteiger charge is -2.37. The quantitative estimate of drug-likeness (QED) is 0.333. The van der Waals surface area contributed by atoms with Gasteiger partial charge in [0.2, 0.25) is 5.91 Å². The molecule has 42 heavy (non-hydrogen) atoms. The number of para-hydroxylation sites is 1. The average molecular weight is 589 g/mol. The number of carbonyl (C=O) groups is 3. The van der Waals surface area contributed by atoms with Gasteiger partial charge in [0.15, 0.2) is 0 Å². The molecule has 5 rings (SSSR count). The van der Waals surface area contributed by atoms with E-state index in [4.69, 9.17) is 10.5 Å². The number of ether oxygens (including phenoxy) is 1. The van der Waals surface area contributed by atoms with Crippen molar-refractivity contribution in [3.8, 4) is 11.1 Å². The van der Waals surface area contributed by atoms with Crippen LogP contribution in [0.3, 0.4) is 0 Å². The van der Waals surface area contributed by atoms with Crippen LogP contribution in [0.5, 0.6) is 0 Å². The second kappa shape index (κ2) is 14.4. The first-order chi connectivity index (χ1) is 20.5. The summed E-state index contributed by atoms with van der Waals surface area (Å²) in [6.45, 7) is 4.09. The Kier molecular flexibility index (Phi) is 10.2. The molecule has 3 amide bonds. The zero-order chi connectivity index (χ0) is 29.3. The number of likely N-dealkylation sites (tertiary alicyclic amines) is 1. The number of benzene rings is 2. The van der Waals surface area contributed by atoms with Crippen molar-refractivity contribution in [3.63, 3.8) is 0 Å². The van der Waals surface area contributed by atoms with Crippen molar-refractivity contribution in [1.29, 1.82) is 0 Å². The maximum atomic E-state index is 13.5. The van der Waals surface area contributed by atoms with Gasteiger partial charge in [-0.05, 0) is 69.0 Å². The molecule has 1 radical (unpaired) electrons. The van der Waals surface area contributed by atoms with E-state index in [2.05, 4.69) is 16.6 Å². The number of hydrogen-bond acceptors (Lipinski definition) is 7. The summed E-state index contributed by atoms with van der Waals surface area (Å²) in [5.41, 5.74) is 8.18. The zero-order valence-electron chi connectivity index (χ0n) is 23.7. The third kappa shape index (κ3) is 7.56. The van der Waals surface area contributed by atoms with Crippen LogP contribution >= 0.6 is 11.3 Å². The Labute approximate surface area is 251 Å². The first kappa shape index (κ1) is 29.8. The minimum absolute atomic E-state index is 0.0379. The first-order valence-electron chi connectivity index (χ1n) is 14.6. The van der Waals surface area contributed by atoms with E-state index < -0.39 is 6.09 Å². The molecule has 9 nitrogen and oxygen atoms in total. The van der Waals surface area contributed by atoms with Crippen LogP contribution in [0.1, 0.15) is 40.2 Å². The Morgan fingerprint density at radius 2 is 1.64 bits per heavy atom. The Hall–Kier alpha value is -3.73. The lowest BCUT2D eigenvalue weighted by atomic mass is 9.96. The normalized spacial score (nSPS) is 16.6. The van der Waals surface area contributed by atoms with E-state index in [0.717, 1.165) is 80.1 Å². The van der Waals surface area contributed by atoms with Crippen LogP contribution in [0.25, 0.3) is 11.1 Å². The van der Waals surface area contributed by atoms with Crippen molar-refractivity contribution in [1.82, 2.24) is 15.2 Å². The molecule has 2 aromatic carbocycles. The molecule has 2 saturated heterocycles. The standard InChI is InChI=1S/C32H38N5O4S/c33-30(38)25-15-20-35(21-16-25)23-26-13-14-29(42-26)31(39)34-17-22-41-32(40)37(36-18-7-2-8-19-36)28-12-6-5-11-27(28)24-9-3-1-4-10-24/h1-6,9-14,25H,7-8,15-23H2,(H2,33,38)(H,34,39). The second-order valence-corrected chi connectivity index (χ2v) is 11.8. The van der Waals surface area contributed by atoms with Crippen LogP contribution in [0, 0.1) is 12.3 Å². The third-order valence-corrected chi connectivity index (χ3v) is 8.79. The molecule has 0 unspecified atom stereocenters. The first-order valence-corrected chi connectivity index (χ1v) is 15.4. The molecule has 0 spiro atoms.